The number of amides is 2. The van der Waals surface area contributed by atoms with E-state index in [0.717, 1.165) is 0 Å². The molecular weight excluding hydrogens is 382 g/mol. The van der Waals surface area contributed by atoms with Crippen molar-refractivity contribution in [3.63, 3.8) is 0 Å². The van der Waals surface area contributed by atoms with Crippen LogP contribution in [0.2, 0.25) is 10.0 Å². The zero-order valence-electron chi connectivity index (χ0n) is 14.1. The summed E-state index contributed by atoms with van der Waals surface area (Å²) in [5.74, 6) is -0.979. The number of halogens is 3. The third-order valence-electron chi connectivity index (χ3n) is 3.52. The van der Waals surface area contributed by atoms with E-state index in [1.165, 1.54) is 12.1 Å². The highest BCUT2D eigenvalue weighted by molar-refractivity contribution is 6.35. The van der Waals surface area contributed by atoms with Crippen LogP contribution in [0.5, 0.6) is 0 Å². The van der Waals surface area contributed by atoms with Gasteiger partial charge in [0, 0.05) is 16.3 Å². The van der Waals surface area contributed by atoms with E-state index < -0.39 is 18.0 Å². The fraction of sp³-hybridized carbons (Fsp3) is 0.222. The minimum atomic E-state index is -0.610. The van der Waals surface area contributed by atoms with E-state index in [9.17, 15) is 14.0 Å². The Bertz CT molecular complexity index is 813. The molecule has 0 bridgehead atoms. The molecule has 2 aromatic rings. The molecule has 0 saturated heterocycles. The smallest absolute Gasteiger partial charge is 0.411 e. The van der Waals surface area contributed by atoms with Gasteiger partial charge in [0.05, 0.1) is 17.7 Å². The first kappa shape index (κ1) is 20.0. The van der Waals surface area contributed by atoms with Gasteiger partial charge in [-0.15, -0.1) is 0 Å². The van der Waals surface area contributed by atoms with E-state index in [-0.39, 0.29) is 22.6 Å². The van der Waals surface area contributed by atoms with Crippen molar-refractivity contribution in [2.24, 2.45) is 0 Å². The number of carbonyl (C=O) groups excluding carboxylic acids is 2. The zero-order chi connectivity index (χ0) is 19.3. The highest BCUT2D eigenvalue weighted by Crippen LogP contribution is 2.28. The van der Waals surface area contributed by atoms with Crippen LogP contribution in [0, 0.1) is 5.82 Å². The summed E-state index contributed by atoms with van der Waals surface area (Å²) in [4.78, 5) is 23.7. The van der Waals surface area contributed by atoms with Crippen LogP contribution in [0.4, 0.5) is 14.9 Å². The standard InChI is InChI=1S/C18H17Cl2FN2O3/c1-3-26-18(25)23-12-6-4-11(5-7-12)17(24)22-10(2)13-8-16(21)15(20)9-14(13)19/h4-10H,3H2,1-2H3,(H,22,24)(H,23,25)/t10-/m1/s1. The molecule has 2 rings (SSSR count). The average Bonchev–Trinajstić information content (AvgIpc) is 2.58. The van der Waals surface area contributed by atoms with Crippen molar-refractivity contribution in [2.75, 3.05) is 11.9 Å². The number of anilines is 1. The Balaban J connectivity index is 2.05. The lowest BCUT2D eigenvalue weighted by atomic mass is 10.1. The van der Waals surface area contributed by atoms with Gasteiger partial charge in [-0.25, -0.2) is 9.18 Å². The summed E-state index contributed by atoms with van der Waals surface area (Å²) in [6.07, 6.45) is -0.572. The van der Waals surface area contributed by atoms with Crippen molar-refractivity contribution < 1.29 is 18.7 Å². The van der Waals surface area contributed by atoms with Gasteiger partial charge < -0.3 is 10.1 Å². The molecule has 5 nitrogen and oxygen atoms in total. The van der Waals surface area contributed by atoms with E-state index in [1.807, 2.05) is 0 Å². The molecule has 26 heavy (non-hydrogen) atoms. The van der Waals surface area contributed by atoms with Crippen LogP contribution < -0.4 is 10.6 Å². The molecule has 138 valence electrons. The molecule has 0 heterocycles. The lowest BCUT2D eigenvalue weighted by Gasteiger charge is -2.16. The Morgan fingerprint density at radius 2 is 1.81 bits per heavy atom. The topological polar surface area (TPSA) is 67.4 Å². The quantitative estimate of drug-likeness (QED) is 0.680. The Morgan fingerprint density at radius 1 is 1.15 bits per heavy atom. The Hall–Kier alpha value is -2.31. The van der Waals surface area contributed by atoms with Crippen LogP contribution in [-0.2, 0) is 4.74 Å². The minimum Gasteiger partial charge on any atom is -0.450 e. The first-order chi connectivity index (χ1) is 12.3. The second kappa shape index (κ2) is 8.87. The van der Waals surface area contributed by atoms with E-state index in [4.69, 9.17) is 27.9 Å². The molecule has 0 spiro atoms. The van der Waals surface area contributed by atoms with Crippen LogP contribution in [0.1, 0.15) is 35.8 Å². The summed E-state index contributed by atoms with van der Waals surface area (Å²) >= 11 is 11.7. The summed E-state index contributed by atoms with van der Waals surface area (Å²) in [6.45, 7) is 3.65. The number of nitrogens with one attached hydrogen (secondary N) is 2. The molecule has 0 fully saturated rings. The molecule has 0 aromatic heterocycles. The lowest BCUT2D eigenvalue weighted by molar-refractivity contribution is 0.0940. The third kappa shape index (κ3) is 5.09. The average molecular weight is 399 g/mol. The summed E-state index contributed by atoms with van der Waals surface area (Å²) in [6, 6.07) is 8.21. The van der Waals surface area contributed by atoms with Crippen molar-refractivity contribution in [2.45, 2.75) is 19.9 Å². The summed E-state index contributed by atoms with van der Waals surface area (Å²) in [5, 5.41) is 5.45. The van der Waals surface area contributed by atoms with Gasteiger partial charge >= 0.3 is 6.09 Å². The fourth-order valence-electron chi connectivity index (χ4n) is 2.22. The molecule has 2 amide bonds. The van der Waals surface area contributed by atoms with Crippen molar-refractivity contribution in [3.8, 4) is 0 Å². The van der Waals surface area contributed by atoms with Gasteiger partial charge in [-0.1, -0.05) is 23.2 Å². The maximum absolute atomic E-state index is 13.6. The van der Waals surface area contributed by atoms with E-state index in [2.05, 4.69) is 10.6 Å². The van der Waals surface area contributed by atoms with Gasteiger partial charge in [0.2, 0.25) is 0 Å². The second-order valence-corrected chi connectivity index (χ2v) is 6.22. The molecule has 0 unspecified atom stereocenters. The number of hydrogen-bond donors (Lipinski definition) is 2. The maximum atomic E-state index is 13.6. The predicted octanol–water partition coefficient (Wildman–Crippen LogP) is 5.19. The maximum Gasteiger partial charge on any atom is 0.411 e. The summed E-state index contributed by atoms with van der Waals surface area (Å²) in [5.41, 5.74) is 1.29. The van der Waals surface area contributed by atoms with Crippen molar-refractivity contribution in [3.05, 3.63) is 63.4 Å². The van der Waals surface area contributed by atoms with Crippen LogP contribution >= 0.6 is 23.2 Å². The monoisotopic (exact) mass is 398 g/mol. The number of benzene rings is 2. The van der Waals surface area contributed by atoms with Crippen LogP contribution in [0.15, 0.2) is 36.4 Å². The van der Waals surface area contributed by atoms with E-state index in [1.54, 1.807) is 38.1 Å². The minimum absolute atomic E-state index is 0.0815. The third-order valence-corrected chi connectivity index (χ3v) is 4.14. The van der Waals surface area contributed by atoms with E-state index in [0.29, 0.717) is 16.8 Å². The molecule has 0 radical (unpaired) electrons. The molecule has 8 heteroatoms. The number of hydrogen-bond acceptors (Lipinski definition) is 3. The Kier molecular flexibility index (Phi) is 6.83. The highest BCUT2D eigenvalue weighted by Gasteiger charge is 2.16. The molecule has 2 aromatic carbocycles. The van der Waals surface area contributed by atoms with Crippen molar-refractivity contribution in [1.29, 1.82) is 0 Å². The number of ether oxygens (including phenoxy) is 1. The van der Waals surface area contributed by atoms with Gasteiger partial charge in [-0.3, -0.25) is 10.1 Å². The van der Waals surface area contributed by atoms with E-state index >= 15 is 0 Å². The molecule has 0 aliphatic rings. The van der Waals surface area contributed by atoms with Crippen LogP contribution in [-0.4, -0.2) is 18.6 Å². The molecular formula is C18H17Cl2FN2O3. The number of rotatable bonds is 5. The molecule has 0 saturated carbocycles. The van der Waals surface area contributed by atoms with Gasteiger partial charge in [-0.05, 0) is 55.8 Å². The van der Waals surface area contributed by atoms with Crippen molar-refractivity contribution >= 4 is 40.9 Å². The van der Waals surface area contributed by atoms with Gasteiger partial charge in [0.15, 0.2) is 0 Å². The normalized spacial score (nSPS) is 11.6. The highest BCUT2D eigenvalue weighted by atomic mass is 35.5. The molecule has 2 N–H and O–H groups in total. The largest absolute Gasteiger partial charge is 0.450 e. The Labute approximate surface area is 160 Å². The molecule has 0 aliphatic carbocycles. The van der Waals surface area contributed by atoms with Gasteiger partial charge in [0.1, 0.15) is 5.82 Å². The first-order valence-electron chi connectivity index (χ1n) is 7.81. The molecule has 1 atom stereocenters. The number of carbonyl (C=O) groups is 2. The SMILES string of the molecule is CCOC(=O)Nc1ccc(C(=O)N[C@H](C)c2cc(F)c(Cl)cc2Cl)cc1. The first-order valence-corrected chi connectivity index (χ1v) is 8.56. The zero-order valence-corrected chi connectivity index (χ0v) is 15.6. The molecule has 0 aliphatic heterocycles. The second-order valence-electron chi connectivity index (χ2n) is 5.41. The lowest BCUT2D eigenvalue weighted by Crippen LogP contribution is -2.27. The van der Waals surface area contributed by atoms with Crippen molar-refractivity contribution in [1.82, 2.24) is 5.32 Å². The fourth-order valence-corrected chi connectivity index (χ4v) is 2.76. The summed E-state index contributed by atoms with van der Waals surface area (Å²) in [7, 11) is 0. The summed E-state index contributed by atoms with van der Waals surface area (Å²) < 4.78 is 18.4. The Morgan fingerprint density at radius 3 is 2.42 bits per heavy atom. The van der Waals surface area contributed by atoms with Crippen LogP contribution in [0.25, 0.3) is 0 Å². The van der Waals surface area contributed by atoms with Crippen LogP contribution in [0.3, 0.4) is 0 Å². The van der Waals surface area contributed by atoms with Gasteiger partial charge in [0.25, 0.3) is 5.91 Å². The predicted molar refractivity (Wildman–Crippen MR) is 99.4 cm³/mol. The van der Waals surface area contributed by atoms with Gasteiger partial charge in [-0.2, -0.15) is 0 Å².